The molecular weight excluding hydrogens is 300 g/mol. The van der Waals surface area contributed by atoms with Crippen LogP contribution in [0.5, 0.6) is 11.5 Å². The Labute approximate surface area is 139 Å². The molecule has 4 rings (SSSR count). The van der Waals surface area contributed by atoms with Crippen molar-refractivity contribution in [1.82, 2.24) is 9.97 Å². The number of benzene rings is 2. The molecule has 0 aliphatic carbocycles. The molecule has 0 saturated heterocycles. The predicted octanol–water partition coefficient (Wildman–Crippen LogP) is 3.98. The van der Waals surface area contributed by atoms with E-state index in [9.17, 15) is 10.2 Å². The number of pyridine rings is 2. The summed E-state index contributed by atoms with van der Waals surface area (Å²) in [6, 6.07) is 18.7. The Hall–Kier alpha value is -3.14. The van der Waals surface area contributed by atoms with Crippen LogP contribution in [0.3, 0.4) is 0 Å². The third-order valence-electron chi connectivity index (χ3n) is 4.15. The zero-order valence-corrected chi connectivity index (χ0v) is 13.0. The molecule has 2 N–H and O–H groups in total. The number of hydrogen-bond acceptors (Lipinski definition) is 4. The van der Waals surface area contributed by atoms with Gasteiger partial charge >= 0.3 is 0 Å². The molecular formula is C20H16N2O2. The summed E-state index contributed by atoms with van der Waals surface area (Å²) in [5.74, 6) is 0.395. The number of aromatic nitrogens is 2. The van der Waals surface area contributed by atoms with Crippen molar-refractivity contribution in [3.63, 3.8) is 0 Å². The molecule has 0 unspecified atom stereocenters. The number of para-hydroxylation sites is 2. The average molecular weight is 316 g/mol. The first-order valence-corrected chi connectivity index (χ1v) is 7.86. The van der Waals surface area contributed by atoms with Crippen LogP contribution in [-0.2, 0) is 12.8 Å². The minimum absolute atomic E-state index is 0.197. The molecule has 24 heavy (non-hydrogen) atoms. The summed E-state index contributed by atoms with van der Waals surface area (Å²) >= 11 is 0. The number of aryl methyl sites for hydroxylation is 2. The van der Waals surface area contributed by atoms with Gasteiger partial charge in [-0.25, -0.2) is 9.97 Å². The van der Waals surface area contributed by atoms with Crippen LogP contribution in [0.1, 0.15) is 11.4 Å². The fourth-order valence-electron chi connectivity index (χ4n) is 2.88. The number of phenolic OH excluding ortho intramolecular Hbond substituents is 2. The largest absolute Gasteiger partial charge is 0.506 e. The van der Waals surface area contributed by atoms with Crippen molar-refractivity contribution in [3.05, 3.63) is 72.1 Å². The van der Waals surface area contributed by atoms with E-state index in [1.165, 1.54) is 0 Å². The zero-order valence-electron chi connectivity index (χ0n) is 13.0. The Morgan fingerprint density at radius 1 is 0.583 bits per heavy atom. The first-order chi connectivity index (χ1) is 11.7. The maximum absolute atomic E-state index is 9.93. The molecule has 0 aliphatic rings. The minimum Gasteiger partial charge on any atom is -0.506 e. The van der Waals surface area contributed by atoms with Gasteiger partial charge in [-0.05, 0) is 37.1 Å². The van der Waals surface area contributed by atoms with Crippen molar-refractivity contribution in [2.75, 3.05) is 0 Å². The van der Waals surface area contributed by atoms with Crippen molar-refractivity contribution in [3.8, 4) is 11.5 Å². The van der Waals surface area contributed by atoms with Crippen LogP contribution in [-0.4, -0.2) is 20.2 Å². The molecule has 118 valence electrons. The number of aromatic hydroxyl groups is 2. The number of fused-ring (bicyclic) bond motifs is 2. The van der Waals surface area contributed by atoms with E-state index < -0.39 is 0 Å². The Morgan fingerprint density at radius 2 is 1.04 bits per heavy atom. The van der Waals surface area contributed by atoms with Crippen molar-refractivity contribution < 1.29 is 10.2 Å². The van der Waals surface area contributed by atoms with Crippen molar-refractivity contribution in [1.29, 1.82) is 0 Å². The monoisotopic (exact) mass is 316 g/mol. The fraction of sp³-hybridized carbons (Fsp3) is 0.100. The standard InChI is InChI=1S/C20H16N2O2/c23-17-5-1-3-13-7-9-15(21-19(13)17)11-12-16-10-8-14-4-2-6-18(24)20(14)22-16/h1-10,23-24H,11-12H2. The van der Waals surface area contributed by atoms with Crippen LogP contribution < -0.4 is 0 Å². The van der Waals surface area contributed by atoms with Gasteiger partial charge in [0.05, 0.1) is 0 Å². The van der Waals surface area contributed by atoms with Gasteiger partial charge in [0.2, 0.25) is 0 Å². The Morgan fingerprint density at radius 3 is 1.50 bits per heavy atom. The van der Waals surface area contributed by atoms with E-state index in [-0.39, 0.29) is 11.5 Å². The molecule has 4 aromatic rings. The van der Waals surface area contributed by atoms with Crippen LogP contribution in [0, 0.1) is 0 Å². The normalized spacial score (nSPS) is 11.2. The maximum atomic E-state index is 9.93. The van der Waals surface area contributed by atoms with Gasteiger partial charge < -0.3 is 10.2 Å². The SMILES string of the molecule is Oc1cccc2ccc(CCc3ccc4cccc(O)c4n3)nc12. The van der Waals surface area contributed by atoms with Gasteiger partial charge in [0.15, 0.2) is 0 Å². The van der Waals surface area contributed by atoms with Crippen LogP contribution in [0.25, 0.3) is 21.8 Å². The van der Waals surface area contributed by atoms with E-state index in [4.69, 9.17) is 0 Å². The van der Waals surface area contributed by atoms with Gasteiger partial charge in [-0.1, -0.05) is 36.4 Å². The molecule has 4 nitrogen and oxygen atoms in total. The second kappa shape index (κ2) is 5.81. The lowest BCUT2D eigenvalue weighted by Crippen LogP contribution is -1.97. The van der Waals surface area contributed by atoms with E-state index in [1.54, 1.807) is 12.1 Å². The second-order valence-electron chi connectivity index (χ2n) is 5.80. The number of phenols is 2. The van der Waals surface area contributed by atoms with Crippen molar-refractivity contribution in [2.24, 2.45) is 0 Å². The summed E-state index contributed by atoms with van der Waals surface area (Å²) in [6.07, 6.45) is 1.44. The van der Waals surface area contributed by atoms with Crippen LogP contribution in [0.4, 0.5) is 0 Å². The van der Waals surface area contributed by atoms with E-state index in [0.29, 0.717) is 11.0 Å². The maximum Gasteiger partial charge on any atom is 0.141 e. The molecule has 0 amide bonds. The summed E-state index contributed by atoms with van der Waals surface area (Å²) < 4.78 is 0. The molecule has 2 heterocycles. The minimum atomic E-state index is 0.197. The molecule has 0 aliphatic heterocycles. The van der Waals surface area contributed by atoms with Gasteiger partial charge in [0.25, 0.3) is 0 Å². The summed E-state index contributed by atoms with van der Waals surface area (Å²) in [6.45, 7) is 0. The summed E-state index contributed by atoms with van der Waals surface area (Å²) in [5.41, 5.74) is 3.06. The molecule has 0 fully saturated rings. The molecule has 0 bridgehead atoms. The van der Waals surface area contributed by atoms with Gasteiger partial charge in [-0.2, -0.15) is 0 Å². The molecule has 4 heteroatoms. The lowest BCUT2D eigenvalue weighted by atomic mass is 10.1. The highest BCUT2D eigenvalue weighted by molar-refractivity contribution is 5.85. The smallest absolute Gasteiger partial charge is 0.141 e. The third-order valence-corrected chi connectivity index (χ3v) is 4.15. The molecule has 2 aromatic heterocycles. The lowest BCUT2D eigenvalue weighted by molar-refractivity contribution is 0.479. The van der Waals surface area contributed by atoms with Gasteiger partial charge in [0.1, 0.15) is 22.5 Å². The van der Waals surface area contributed by atoms with E-state index in [1.807, 2.05) is 48.5 Å². The first-order valence-electron chi connectivity index (χ1n) is 7.86. The Bertz CT molecular complexity index is 959. The predicted molar refractivity (Wildman–Crippen MR) is 94.2 cm³/mol. The molecule has 2 aromatic carbocycles. The summed E-state index contributed by atoms with van der Waals surface area (Å²) in [4.78, 5) is 9.09. The first kappa shape index (κ1) is 14.5. The van der Waals surface area contributed by atoms with Crippen LogP contribution in [0.2, 0.25) is 0 Å². The average Bonchev–Trinajstić information content (AvgIpc) is 2.61. The van der Waals surface area contributed by atoms with Gasteiger partial charge in [-0.3, -0.25) is 0 Å². The van der Waals surface area contributed by atoms with Crippen LogP contribution in [0.15, 0.2) is 60.7 Å². The topological polar surface area (TPSA) is 66.2 Å². The van der Waals surface area contributed by atoms with Gasteiger partial charge in [-0.15, -0.1) is 0 Å². The second-order valence-corrected chi connectivity index (χ2v) is 5.80. The van der Waals surface area contributed by atoms with Crippen LogP contribution >= 0.6 is 0 Å². The number of rotatable bonds is 3. The van der Waals surface area contributed by atoms with Crippen molar-refractivity contribution >= 4 is 21.8 Å². The molecule has 0 radical (unpaired) electrons. The van der Waals surface area contributed by atoms with E-state index in [0.717, 1.165) is 35.0 Å². The highest BCUT2D eigenvalue weighted by atomic mass is 16.3. The zero-order chi connectivity index (χ0) is 16.5. The van der Waals surface area contributed by atoms with Gasteiger partial charge in [0, 0.05) is 22.2 Å². The Kier molecular flexibility index (Phi) is 3.50. The highest BCUT2D eigenvalue weighted by Crippen LogP contribution is 2.24. The number of nitrogens with zero attached hydrogens (tertiary/aromatic N) is 2. The summed E-state index contributed by atoms with van der Waals surface area (Å²) in [7, 11) is 0. The summed E-state index contributed by atoms with van der Waals surface area (Å²) in [5, 5.41) is 21.7. The van der Waals surface area contributed by atoms with E-state index in [2.05, 4.69) is 9.97 Å². The molecule has 0 saturated carbocycles. The van der Waals surface area contributed by atoms with Crippen molar-refractivity contribution in [2.45, 2.75) is 12.8 Å². The molecule has 0 atom stereocenters. The third kappa shape index (κ3) is 2.63. The highest BCUT2D eigenvalue weighted by Gasteiger charge is 2.06. The lowest BCUT2D eigenvalue weighted by Gasteiger charge is -2.06. The quantitative estimate of drug-likeness (QED) is 0.600. The Balaban J connectivity index is 1.60. The number of hydrogen-bond donors (Lipinski definition) is 2. The van der Waals surface area contributed by atoms with E-state index >= 15 is 0 Å². The fourth-order valence-corrected chi connectivity index (χ4v) is 2.88. The molecule has 0 spiro atoms.